The Hall–Kier alpha value is -2.76. The van der Waals surface area contributed by atoms with Crippen LogP contribution in [0, 0.1) is 10.1 Å². The second-order valence-electron chi connectivity index (χ2n) is 7.74. The third-order valence-corrected chi connectivity index (χ3v) is 5.54. The van der Waals surface area contributed by atoms with Gasteiger partial charge in [-0.1, -0.05) is 12.1 Å². The lowest BCUT2D eigenvalue weighted by Crippen LogP contribution is -2.55. The minimum Gasteiger partial charge on any atom is -0.383 e. The van der Waals surface area contributed by atoms with E-state index in [0.29, 0.717) is 52.5 Å². The third-order valence-electron chi connectivity index (χ3n) is 5.54. The number of nitro benzene ring substituents is 1. The Balaban J connectivity index is 1.54. The standard InChI is InChI=1S/C21H32N6O5/c1-31-13-6-22-21(23-16-18-2-4-19(5-3-18)27(29)30)26-9-7-24(8-10-26)17-20(28)25-11-14-32-15-12-25/h2-5H,6-17H2,1H3,(H,22,23). The molecular weight excluding hydrogens is 416 g/mol. The third kappa shape index (κ3) is 7.14. The number of morpholine rings is 1. The molecular formula is C21H32N6O5. The molecule has 0 saturated carbocycles. The summed E-state index contributed by atoms with van der Waals surface area (Å²) in [5.41, 5.74) is 0.968. The Kier molecular flexibility index (Phi) is 9.20. The highest BCUT2D eigenvalue weighted by Gasteiger charge is 2.24. The summed E-state index contributed by atoms with van der Waals surface area (Å²) < 4.78 is 10.5. The van der Waals surface area contributed by atoms with Crippen LogP contribution in [0.5, 0.6) is 0 Å². The van der Waals surface area contributed by atoms with Crippen LogP contribution in [0.25, 0.3) is 0 Å². The van der Waals surface area contributed by atoms with Crippen molar-refractivity contribution in [2.75, 3.05) is 79.3 Å². The number of benzene rings is 1. The van der Waals surface area contributed by atoms with Gasteiger partial charge in [-0.3, -0.25) is 19.8 Å². The molecule has 0 aromatic heterocycles. The Bertz CT molecular complexity index is 773. The normalized spacial score (nSPS) is 18.0. The van der Waals surface area contributed by atoms with Crippen LogP contribution in [0.2, 0.25) is 0 Å². The number of hydrogen-bond acceptors (Lipinski definition) is 7. The molecule has 0 spiro atoms. The molecule has 1 aromatic rings. The van der Waals surface area contributed by atoms with Gasteiger partial charge in [0.15, 0.2) is 5.96 Å². The van der Waals surface area contributed by atoms with E-state index in [1.54, 1.807) is 19.2 Å². The highest BCUT2D eigenvalue weighted by molar-refractivity contribution is 5.80. The summed E-state index contributed by atoms with van der Waals surface area (Å²) in [7, 11) is 1.65. The number of methoxy groups -OCH3 is 1. The molecule has 3 rings (SSSR count). The minimum absolute atomic E-state index is 0.0684. The molecule has 1 amide bonds. The van der Waals surface area contributed by atoms with Crippen molar-refractivity contribution >= 4 is 17.6 Å². The van der Waals surface area contributed by atoms with E-state index in [4.69, 9.17) is 14.5 Å². The van der Waals surface area contributed by atoms with E-state index in [0.717, 1.165) is 37.7 Å². The van der Waals surface area contributed by atoms with Crippen LogP contribution >= 0.6 is 0 Å². The molecule has 176 valence electrons. The maximum absolute atomic E-state index is 12.5. The van der Waals surface area contributed by atoms with Gasteiger partial charge in [0.2, 0.25) is 5.91 Å². The van der Waals surface area contributed by atoms with Gasteiger partial charge >= 0.3 is 0 Å². The van der Waals surface area contributed by atoms with E-state index in [1.807, 2.05) is 4.90 Å². The van der Waals surface area contributed by atoms with Crippen LogP contribution < -0.4 is 5.32 Å². The number of rotatable bonds is 8. The number of nitrogens with zero attached hydrogens (tertiary/aromatic N) is 5. The Morgan fingerprint density at radius 2 is 1.81 bits per heavy atom. The molecule has 2 aliphatic heterocycles. The number of nitro groups is 1. The first-order valence-electron chi connectivity index (χ1n) is 10.9. The molecule has 0 aliphatic carbocycles. The molecule has 11 heteroatoms. The number of aliphatic imine (C=N–C) groups is 1. The highest BCUT2D eigenvalue weighted by atomic mass is 16.6. The first-order chi connectivity index (χ1) is 15.6. The molecule has 1 aromatic carbocycles. The maximum Gasteiger partial charge on any atom is 0.269 e. The lowest BCUT2D eigenvalue weighted by Gasteiger charge is -2.37. The monoisotopic (exact) mass is 448 g/mol. The van der Waals surface area contributed by atoms with E-state index < -0.39 is 4.92 Å². The van der Waals surface area contributed by atoms with Gasteiger partial charge < -0.3 is 24.6 Å². The number of hydrogen-bond donors (Lipinski definition) is 1. The zero-order valence-electron chi connectivity index (χ0n) is 18.6. The number of carbonyl (C=O) groups is 1. The fourth-order valence-electron chi connectivity index (χ4n) is 3.64. The van der Waals surface area contributed by atoms with Gasteiger partial charge in [0.1, 0.15) is 0 Å². The summed E-state index contributed by atoms with van der Waals surface area (Å²) in [5, 5.41) is 14.2. The molecule has 2 heterocycles. The average molecular weight is 449 g/mol. The summed E-state index contributed by atoms with van der Waals surface area (Å²) in [4.78, 5) is 33.9. The molecule has 2 saturated heterocycles. The molecule has 32 heavy (non-hydrogen) atoms. The molecule has 0 atom stereocenters. The summed E-state index contributed by atoms with van der Waals surface area (Å²) in [6.07, 6.45) is 0. The summed E-state index contributed by atoms with van der Waals surface area (Å²) in [5.74, 6) is 0.937. The number of nitrogens with one attached hydrogen (secondary N) is 1. The van der Waals surface area contributed by atoms with Crippen molar-refractivity contribution in [3.8, 4) is 0 Å². The van der Waals surface area contributed by atoms with Gasteiger partial charge in [0.25, 0.3) is 5.69 Å². The quantitative estimate of drug-likeness (QED) is 0.197. The first-order valence-corrected chi connectivity index (χ1v) is 10.9. The topological polar surface area (TPSA) is 113 Å². The molecule has 0 radical (unpaired) electrons. The fourth-order valence-corrected chi connectivity index (χ4v) is 3.64. The van der Waals surface area contributed by atoms with Crippen LogP contribution in [-0.2, 0) is 20.8 Å². The van der Waals surface area contributed by atoms with Crippen molar-refractivity contribution in [1.82, 2.24) is 20.0 Å². The zero-order valence-corrected chi connectivity index (χ0v) is 18.6. The second kappa shape index (κ2) is 12.3. The van der Waals surface area contributed by atoms with Gasteiger partial charge in [-0.05, 0) is 5.56 Å². The first kappa shape index (κ1) is 23.9. The second-order valence-corrected chi connectivity index (χ2v) is 7.74. The summed E-state index contributed by atoms with van der Waals surface area (Å²) in [6.45, 7) is 7.67. The lowest BCUT2D eigenvalue weighted by atomic mass is 10.2. The maximum atomic E-state index is 12.5. The van der Waals surface area contributed by atoms with Gasteiger partial charge in [0.05, 0.1) is 37.8 Å². The summed E-state index contributed by atoms with van der Waals surface area (Å²) in [6, 6.07) is 6.44. The van der Waals surface area contributed by atoms with Crippen molar-refractivity contribution < 1.29 is 19.2 Å². The van der Waals surface area contributed by atoms with Crippen LogP contribution in [0.3, 0.4) is 0 Å². The lowest BCUT2D eigenvalue weighted by molar-refractivity contribution is -0.384. The highest BCUT2D eigenvalue weighted by Crippen LogP contribution is 2.13. The zero-order chi connectivity index (χ0) is 22.8. The number of non-ortho nitro benzene ring substituents is 1. The van der Waals surface area contributed by atoms with Gasteiger partial charge in [-0.25, -0.2) is 4.99 Å². The van der Waals surface area contributed by atoms with E-state index in [-0.39, 0.29) is 11.6 Å². The number of amides is 1. The van der Waals surface area contributed by atoms with Crippen LogP contribution in [0.15, 0.2) is 29.3 Å². The number of piperazine rings is 1. The van der Waals surface area contributed by atoms with Crippen molar-refractivity contribution in [3.05, 3.63) is 39.9 Å². The number of ether oxygens (including phenoxy) is 2. The summed E-state index contributed by atoms with van der Waals surface area (Å²) >= 11 is 0. The average Bonchev–Trinajstić information content (AvgIpc) is 2.82. The molecule has 11 nitrogen and oxygen atoms in total. The van der Waals surface area contributed by atoms with Gasteiger partial charge in [-0.15, -0.1) is 0 Å². The molecule has 2 aliphatic rings. The number of guanidine groups is 1. The van der Waals surface area contributed by atoms with E-state index in [2.05, 4.69) is 15.1 Å². The van der Waals surface area contributed by atoms with Crippen molar-refractivity contribution in [1.29, 1.82) is 0 Å². The minimum atomic E-state index is -0.409. The Morgan fingerprint density at radius 1 is 1.12 bits per heavy atom. The molecule has 1 N–H and O–H groups in total. The fraction of sp³-hybridized carbons (Fsp3) is 0.619. The molecule has 2 fully saturated rings. The van der Waals surface area contributed by atoms with Crippen LogP contribution in [-0.4, -0.2) is 111 Å². The van der Waals surface area contributed by atoms with Crippen LogP contribution in [0.4, 0.5) is 5.69 Å². The van der Waals surface area contributed by atoms with Crippen LogP contribution in [0.1, 0.15) is 5.56 Å². The Morgan fingerprint density at radius 3 is 2.44 bits per heavy atom. The van der Waals surface area contributed by atoms with Crippen molar-refractivity contribution in [2.45, 2.75) is 6.54 Å². The van der Waals surface area contributed by atoms with Gasteiger partial charge in [-0.2, -0.15) is 0 Å². The van der Waals surface area contributed by atoms with Crippen molar-refractivity contribution in [2.24, 2.45) is 4.99 Å². The molecule has 0 unspecified atom stereocenters. The predicted octanol–water partition coefficient (Wildman–Crippen LogP) is 0.163. The number of carbonyl (C=O) groups excluding carboxylic acids is 1. The van der Waals surface area contributed by atoms with E-state index in [9.17, 15) is 14.9 Å². The predicted molar refractivity (Wildman–Crippen MR) is 120 cm³/mol. The molecule has 0 bridgehead atoms. The van der Waals surface area contributed by atoms with Gasteiger partial charge in [0, 0.05) is 65.1 Å². The smallest absolute Gasteiger partial charge is 0.269 e. The largest absolute Gasteiger partial charge is 0.383 e. The van der Waals surface area contributed by atoms with E-state index >= 15 is 0 Å². The van der Waals surface area contributed by atoms with Crippen molar-refractivity contribution in [3.63, 3.8) is 0 Å². The van der Waals surface area contributed by atoms with E-state index in [1.165, 1.54) is 12.1 Å². The SMILES string of the molecule is COCCNC(=NCc1ccc([N+](=O)[O-])cc1)N1CCN(CC(=O)N2CCOCC2)CC1. The Labute approximate surface area is 188 Å².